The minimum Gasteiger partial charge on any atom is -0.444 e. The maximum atomic E-state index is 13.3. The predicted octanol–water partition coefficient (Wildman–Crippen LogP) is 2.47. The van der Waals surface area contributed by atoms with Gasteiger partial charge in [-0.1, -0.05) is 0 Å². The maximum absolute atomic E-state index is 13.3. The van der Waals surface area contributed by atoms with E-state index in [0.29, 0.717) is 11.8 Å². The van der Waals surface area contributed by atoms with Crippen LogP contribution in [0.5, 0.6) is 0 Å². The largest absolute Gasteiger partial charge is 0.444 e. The number of hydrogen-bond acceptors (Lipinski definition) is 3. The molecule has 17 heavy (non-hydrogen) atoms. The van der Waals surface area contributed by atoms with Gasteiger partial charge >= 0.3 is 6.09 Å². The van der Waals surface area contributed by atoms with Crippen LogP contribution in [0.15, 0.2) is 0 Å². The normalized spacial score (nSPS) is 16.0. The summed E-state index contributed by atoms with van der Waals surface area (Å²) in [5, 5.41) is 0. The molecule has 0 saturated carbocycles. The first kappa shape index (κ1) is 15.8. The number of carbonyl (C=O) groups excluding carboxylic acids is 2. The molecule has 0 saturated heterocycles. The van der Waals surface area contributed by atoms with E-state index in [1.807, 2.05) is 0 Å². The van der Waals surface area contributed by atoms with Gasteiger partial charge in [0.2, 0.25) is 0 Å². The van der Waals surface area contributed by atoms with Crippen LogP contribution in [-0.4, -0.2) is 41.4 Å². The zero-order valence-corrected chi connectivity index (χ0v) is 11.0. The lowest BCUT2D eigenvalue weighted by Crippen LogP contribution is -2.59. The van der Waals surface area contributed by atoms with Crippen LogP contribution in [0, 0.1) is 0 Å². The van der Waals surface area contributed by atoms with E-state index in [0.717, 1.165) is 14.0 Å². The molecule has 0 aromatic rings. The van der Waals surface area contributed by atoms with Crippen molar-refractivity contribution in [2.75, 3.05) is 7.05 Å². The van der Waals surface area contributed by atoms with Crippen LogP contribution in [0.2, 0.25) is 0 Å². The first-order valence-electron chi connectivity index (χ1n) is 5.16. The average molecular weight is 251 g/mol. The van der Waals surface area contributed by atoms with Gasteiger partial charge in [0.15, 0.2) is 11.8 Å². The van der Waals surface area contributed by atoms with Crippen molar-refractivity contribution in [2.45, 2.75) is 51.7 Å². The van der Waals surface area contributed by atoms with E-state index in [9.17, 15) is 18.4 Å². The van der Waals surface area contributed by atoms with Crippen LogP contribution in [0.1, 0.15) is 34.6 Å². The first-order chi connectivity index (χ1) is 7.35. The van der Waals surface area contributed by atoms with Crippen LogP contribution in [0.3, 0.4) is 0 Å². The van der Waals surface area contributed by atoms with Gasteiger partial charge in [-0.05, 0) is 27.7 Å². The SMILES string of the molecule is CN(C(=O)OC(C)(C)C)C(C)(C=O)C(C)(F)F. The molecule has 1 unspecified atom stereocenters. The van der Waals surface area contributed by atoms with Gasteiger partial charge in [-0.2, -0.15) is 0 Å². The molecule has 6 heteroatoms. The van der Waals surface area contributed by atoms with Crippen LogP contribution in [0.4, 0.5) is 13.6 Å². The molecule has 0 aromatic heterocycles. The first-order valence-corrected chi connectivity index (χ1v) is 5.16. The minimum absolute atomic E-state index is 0.0525. The van der Waals surface area contributed by atoms with Crippen LogP contribution in [-0.2, 0) is 9.53 Å². The molecule has 0 aliphatic heterocycles. The molecule has 1 atom stereocenters. The summed E-state index contributed by atoms with van der Waals surface area (Å²) in [6, 6.07) is 0. The van der Waals surface area contributed by atoms with Gasteiger partial charge in [-0.15, -0.1) is 0 Å². The molecule has 0 radical (unpaired) electrons. The highest BCUT2D eigenvalue weighted by Gasteiger charge is 2.52. The quantitative estimate of drug-likeness (QED) is 0.724. The summed E-state index contributed by atoms with van der Waals surface area (Å²) >= 11 is 0. The van der Waals surface area contributed by atoms with Crippen LogP contribution in [0.25, 0.3) is 0 Å². The predicted molar refractivity (Wildman–Crippen MR) is 59.1 cm³/mol. The third-order valence-electron chi connectivity index (χ3n) is 2.48. The minimum atomic E-state index is -3.36. The average Bonchev–Trinajstić information content (AvgIpc) is 2.10. The zero-order valence-electron chi connectivity index (χ0n) is 11.0. The van der Waals surface area contributed by atoms with E-state index >= 15 is 0 Å². The van der Waals surface area contributed by atoms with Gasteiger partial charge in [0.25, 0.3) is 5.92 Å². The summed E-state index contributed by atoms with van der Waals surface area (Å²) in [4.78, 5) is 23.1. The number of hydrogen-bond donors (Lipinski definition) is 0. The van der Waals surface area contributed by atoms with Crippen LogP contribution >= 0.6 is 0 Å². The van der Waals surface area contributed by atoms with Crippen molar-refractivity contribution in [3.8, 4) is 0 Å². The van der Waals surface area contributed by atoms with Crippen molar-refractivity contribution < 1.29 is 23.1 Å². The Morgan fingerprint density at radius 3 is 1.82 bits per heavy atom. The molecule has 100 valence electrons. The number of aldehydes is 1. The van der Waals surface area contributed by atoms with Gasteiger partial charge in [0.1, 0.15) is 5.60 Å². The van der Waals surface area contributed by atoms with E-state index in [1.54, 1.807) is 20.8 Å². The standard InChI is InChI=1S/C11H19F2NO3/c1-9(2,3)17-8(16)14(6)10(4,7-15)11(5,12)13/h7H,1-6H3. The van der Waals surface area contributed by atoms with Crippen molar-refractivity contribution in [3.63, 3.8) is 0 Å². The molecule has 0 aliphatic carbocycles. The lowest BCUT2D eigenvalue weighted by atomic mass is 9.95. The Kier molecular flexibility index (Phi) is 4.26. The summed E-state index contributed by atoms with van der Waals surface area (Å²) in [6.07, 6.45) is -0.912. The van der Waals surface area contributed by atoms with E-state index in [1.165, 1.54) is 0 Å². The van der Waals surface area contributed by atoms with Crippen molar-refractivity contribution in [3.05, 3.63) is 0 Å². The van der Waals surface area contributed by atoms with Crippen molar-refractivity contribution >= 4 is 12.4 Å². The number of amides is 1. The Bertz CT molecular complexity index is 307. The lowest BCUT2D eigenvalue weighted by Gasteiger charge is -2.38. The number of halogens is 2. The number of rotatable bonds is 3. The summed E-state index contributed by atoms with van der Waals surface area (Å²) < 4.78 is 31.6. The van der Waals surface area contributed by atoms with Crippen molar-refractivity contribution in [2.24, 2.45) is 0 Å². The Labute approximate surface area is 99.9 Å². The number of carbonyl (C=O) groups is 2. The summed E-state index contributed by atoms with van der Waals surface area (Å²) in [6.45, 7) is 6.41. The number of likely N-dealkylation sites (N-methyl/N-ethyl adjacent to an activating group) is 1. The number of alkyl halides is 2. The number of ether oxygens (including phenoxy) is 1. The van der Waals surface area contributed by atoms with E-state index in [2.05, 4.69) is 0 Å². The van der Waals surface area contributed by atoms with Gasteiger partial charge < -0.3 is 9.53 Å². The molecular weight excluding hydrogens is 232 g/mol. The molecule has 4 nitrogen and oxygen atoms in total. The topological polar surface area (TPSA) is 46.6 Å². The molecule has 0 fully saturated rings. The van der Waals surface area contributed by atoms with E-state index in [4.69, 9.17) is 4.74 Å². The fraction of sp³-hybridized carbons (Fsp3) is 0.818. The monoisotopic (exact) mass is 251 g/mol. The second-order valence-electron chi connectivity index (χ2n) is 5.19. The molecule has 0 heterocycles. The summed E-state index contributed by atoms with van der Waals surface area (Å²) in [7, 11) is 1.11. The van der Waals surface area contributed by atoms with Crippen molar-refractivity contribution in [1.82, 2.24) is 4.90 Å². The third-order valence-corrected chi connectivity index (χ3v) is 2.48. The molecular formula is C11H19F2NO3. The highest BCUT2D eigenvalue weighted by molar-refractivity contribution is 5.77. The highest BCUT2D eigenvalue weighted by Crippen LogP contribution is 2.31. The Hall–Kier alpha value is -1.20. The molecule has 0 N–H and O–H groups in total. The summed E-state index contributed by atoms with van der Waals surface area (Å²) in [5.41, 5.74) is -3.03. The molecule has 0 rings (SSSR count). The molecule has 1 amide bonds. The smallest absolute Gasteiger partial charge is 0.411 e. The molecule has 0 spiro atoms. The molecule has 0 bridgehead atoms. The second-order valence-corrected chi connectivity index (χ2v) is 5.19. The summed E-state index contributed by atoms with van der Waals surface area (Å²) in [5.74, 6) is -3.36. The van der Waals surface area contributed by atoms with Gasteiger partial charge in [-0.3, -0.25) is 4.90 Å². The zero-order chi connectivity index (χ0) is 14.1. The third kappa shape index (κ3) is 3.64. The van der Waals surface area contributed by atoms with Crippen molar-refractivity contribution in [1.29, 1.82) is 0 Å². The molecule has 0 aromatic carbocycles. The van der Waals surface area contributed by atoms with Gasteiger partial charge in [-0.25, -0.2) is 13.6 Å². The highest BCUT2D eigenvalue weighted by atomic mass is 19.3. The van der Waals surface area contributed by atoms with Crippen LogP contribution < -0.4 is 0 Å². The number of nitrogens with zero attached hydrogens (tertiary/aromatic N) is 1. The van der Waals surface area contributed by atoms with E-state index < -0.39 is 23.2 Å². The fourth-order valence-corrected chi connectivity index (χ4v) is 0.997. The molecule has 0 aliphatic rings. The Balaban J connectivity index is 5.08. The Morgan fingerprint density at radius 2 is 1.59 bits per heavy atom. The second kappa shape index (κ2) is 4.58. The lowest BCUT2D eigenvalue weighted by molar-refractivity contribution is -0.143. The van der Waals surface area contributed by atoms with E-state index in [-0.39, 0.29) is 6.29 Å². The maximum Gasteiger partial charge on any atom is 0.411 e. The Morgan fingerprint density at radius 1 is 1.18 bits per heavy atom. The fourth-order valence-electron chi connectivity index (χ4n) is 0.997. The van der Waals surface area contributed by atoms with Gasteiger partial charge in [0, 0.05) is 14.0 Å². The van der Waals surface area contributed by atoms with Gasteiger partial charge in [0.05, 0.1) is 0 Å².